The van der Waals surface area contributed by atoms with Crippen molar-refractivity contribution < 1.29 is 54.6 Å². The van der Waals surface area contributed by atoms with E-state index in [2.05, 4.69) is 15.6 Å². The van der Waals surface area contributed by atoms with E-state index in [1.165, 1.54) is 25.3 Å². The predicted octanol–water partition coefficient (Wildman–Crippen LogP) is 4.18. The zero-order chi connectivity index (χ0) is 39.4. The largest absolute Gasteiger partial charge is 0.472 e. The molecule has 1 saturated heterocycles. The Morgan fingerprint density at radius 2 is 1.79 bits per heavy atom. The smallest absolute Gasteiger partial charge is 0.407 e. The molecule has 2 aliphatic heterocycles. The number of alkyl halides is 4. The van der Waals surface area contributed by atoms with Crippen molar-refractivity contribution in [3.8, 4) is 5.88 Å². The maximum Gasteiger partial charge on any atom is 0.407 e. The van der Waals surface area contributed by atoms with Gasteiger partial charge >= 0.3 is 6.09 Å². The van der Waals surface area contributed by atoms with Crippen LogP contribution in [0.4, 0.5) is 22.4 Å². The first kappa shape index (κ1) is 40.2. The Kier molecular flexibility index (Phi) is 10.7. The van der Waals surface area contributed by atoms with Gasteiger partial charge in [0, 0.05) is 12.6 Å². The number of nitrogens with zero attached hydrogens (tertiary/aromatic N) is 2. The molecule has 2 bridgehead atoms. The van der Waals surface area contributed by atoms with Crippen molar-refractivity contribution in [2.45, 2.75) is 121 Å². The van der Waals surface area contributed by atoms with E-state index < -0.39 is 116 Å². The third-order valence-corrected chi connectivity index (χ3v) is 12.6. The van der Waals surface area contributed by atoms with Crippen LogP contribution < -0.4 is 20.1 Å². The van der Waals surface area contributed by atoms with Crippen molar-refractivity contribution in [3.63, 3.8) is 0 Å². The summed E-state index contributed by atoms with van der Waals surface area (Å²) in [4.78, 5) is 60.0. The van der Waals surface area contributed by atoms with Gasteiger partial charge in [-0.15, -0.1) is 0 Å². The van der Waals surface area contributed by atoms with Crippen molar-refractivity contribution >= 4 is 33.8 Å². The fourth-order valence-corrected chi connectivity index (χ4v) is 7.82. The van der Waals surface area contributed by atoms with Gasteiger partial charge in [-0.05, 0) is 68.1 Å². The molecule has 18 heteroatoms. The van der Waals surface area contributed by atoms with Crippen LogP contribution in [0.1, 0.15) is 85.6 Å². The lowest BCUT2D eigenvalue weighted by Gasteiger charge is -2.35. The van der Waals surface area contributed by atoms with E-state index in [9.17, 15) is 36.4 Å². The van der Waals surface area contributed by atoms with Crippen LogP contribution in [0.5, 0.6) is 5.88 Å². The van der Waals surface area contributed by atoms with Gasteiger partial charge < -0.3 is 25.0 Å². The summed E-state index contributed by atoms with van der Waals surface area (Å²) in [6, 6.07) is -0.423. The lowest BCUT2D eigenvalue weighted by atomic mass is 9.85. The highest BCUT2D eigenvalue weighted by Gasteiger charge is 2.67. The third kappa shape index (κ3) is 8.56. The second-order valence-corrected chi connectivity index (χ2v) is 18.8. The summed E-state index contributed by atoms with van der Waals surface area (Å²) >= 11 is 0. The molecule has 2 aliphatic carbocycles. The lowest BCUT2D eigenvalue weighted by molar-refractivity contribution is -0.143. The highest BCUT2D eigenvalue weighted by molar-refractivity contribution is 7.91. The molecular weight excluding hydrogens is 726 g/mol. The third-order valence-electron chi connectivity index (χ3n) is 10.4. The van der Waals surface area contributed by atoms with Gasteiger partial charge in [0.05, 0.1) is 29.4 Å². The fourth-order valence-electron chi connectivity index (χ4n) is 6.51. The minimum Gasteiger partial charge on any atom is -0.472 e. The molecule has 0 aromatic carbocycles. The van der Waals surface area contributed by atoms with Gasteiger partial charge in [0.25, 0.3) is 11.8 Å². The first-order chi connectivity index (χ1) is 24.4. The molecule has 2 unspecified atom stereocenters. The molecule has 2 saturated carbocycles. The number of allylic oxidation sites excluding steroid dienone is 2. The first-order valence-electron chi connectivity index (χ1n) is 17.5. The van der Waals surface area contributed by atoms with Crippen LogP contribution in [0.25, 0.3) is 0 Å². The Morgan fingerprint density at radius 3 is 2.40 bits per heavy atom. The number of carbonyl (C=O) groups excluding carboxylic acids is 4. The molecule has 4 amide bonds. The molecular formula is C35H47F4N5O8S. The van der Waals surface area contributed by atoms with Gasteiger partial charge in [0.2, 0.25) is 34.1 Å². The number of alkyl carbamates (subject to hydrolysis) is 1. The van der Waals surface area contributed by atoms with Crippen molar-refractivity contribution in [2.24, 2.45) is 16.7 Å². The monoisotopic (exact) mass is 773 g/mol. The van der Waals surface area contributed by atoms with Crippen molar-refractivity contribution in [1.82, 2.24) is 25.2 Å². The highest BCUT2D eigenvalue weighted by Crippen LogP contribution is 2.49. The SMILES string of the molecule is CC1(C)CC/C=C/C(F)(F)c2cccnc2OC2C[C@@H](C(=O)NC3(C(=O)NS(=O)(=O)C4(C)CC4)C[C@H]3C(F)F)N(C2)C(=O)[C@H](C(C)(C)C)NC(=O)OC1. The molecule has 13 nitrogen and oxygen atoms in total. The number of hydrogen-bond acceptors (Lipinski definition) is 9. The number of amides is 4. The molecule has 3 N–H and O–H groups in total. The maximum absolute atomic E-state index is 15.6. The van der Waals surface area contributed by atoms with E-state index in [1.54, 1.807) is 34.6 Å². The number of sulfonamides is 1. The standard InChI is InChI=1S/C35H47F4N5O8S/c1-31(2,3)24-28(46)44-18-20(16-23(44)26(45)42-34(17-22(34)25(36)37)29(47)43-53(49,50)33(6)13-14-33)52-27-21(10-9-15-40-27)35(38,39)12-8-7-11-32(4,5)19-51-30(48)41-24/h8-10,12,15,20,22-25H,7,11,13-14,16-19H2,1-6H3,(H,41,48)(H,42,45)(H,43,47)/b12-8+/t20?,22-,23-,24+,34?/m0/s1. The molecule has 4 aliphatic rings. The number of carbonyl (C=O) groups is 4. The van der Waals surface area contributed by atoms with E-state index in [4.69, 9.17) is 9.47 Å². The normalized spacial score (nSPS) is 30.4. The van der Waals surface area contributed by atoms with Crippen LogP contribution in [0, 0.1) is 16.7 Å². The van der Waals surface area contributed by atoms with E-state index in [0.29, 0.717) is 12.5 Å². The lowest BCUT2D eigenvalue weighted by Crippen LogP contribution is -2.60. The van der Waals surface area contributed by atoms with E-state index in [-0.39, 0.29) is 32.3 Å². The molecule has 5 rings (SSSR count). The molecule has 5 atom stereocenters. The van der Waals surface area contributed by atoms with E-state index in [1.807, 2.05) is 4.72 Å². The van der Waals surface area contributed by atoms with Gasteiger partial charge in [-0.2, -0.15) is 8.78 Å². The van der Waals surface area contributed by atoms with Crippen molar-refractivity contribution in [3.05, 3.63) is 36.0 Å². The summed E-state index contributed by atoms with van der Waals surface area (Å²) < 4.78 is 97.1. The molecule has 1 aromatic rings. The Bertz CT molecular complexity index is 1760. The number of nitrogens with one attached hydrogen (secondary N) is 3. The maximum atomic E-state index is 15.6. The van der Waals surface area contributed by atoms with Crippen molar-refractivity contribution in [1.29, 1.82) is 0 Å². The van der Waals surface area contributed by atoms with Crippen LogP contribution in [-0.2, 0) is 35.1 Å². The predicted molar refractivity (Wildman–Crippen MR) is 182 cm³/mol. The van der Waals surface area contributed by atoms with Crippen LogP contribution in [0.2, 0.25) is 0 Å². The first-order valence-corrected chi connectivity index (χ1v) is 19.0. The van der Waals surface area contributed by atoms with Crippen LogP contribution >= 0.6 is 0 Å². The number of aromatic nitrogens is 1. The minimum atomic E-state index is -4.28. The topological polar surface area (TPSA) is 173 Å². The van der Waals surface area contributed by atoms with Crippen LogP contribution in [0.15, 0.2) is 30.5 Å². The van der Waals surface area contributed by atoms with Gasteiger partial charge in [-0.1, -0.05) is 40.7 Å². The van der Waals surface area contributed by atoms with Gasteiger partial charge in [-0.3, -0.25) is 19.1 Å². The second-order valence-electron chi connectivity index (χ2n) is 16.6. The fraction of sp³-hybridized carbons (Fsp3) is 0.686. The molecule has 53 heavy (non-hydrogen) atoms. The van der Waals surface area contributed by atoms with Gasteiger partial charge in [-0.25, -0.2) is 27.0 Å². The molecule has 294 valence electrons. The summed E-state index contributed by atoms with van der Waals surface area (Å²) in [6.45, 7) is 9.40. The minimum absolute atomic E-state index is 0.115. The van der Waals surface area contributed by atoms with E-state index >= 15 is 8.78 Å². The molecule has 1 aromatic heterocycles. The number of fused-ring (bicyclic) bond motifs is 3. The highest BCUT2D eigenvalue weighted by atomic mass is 32.2. The summed E-state index contributed by atoms with van der Waals surface area (Å²) in [5, 5.41) is 4.90. The number of halogens is 4. The molecule has 3 heterocycles. The number of hydrogen-bond donors (Lipinski definition) is 3. The van der Waals surface area contributed by atoms with Gasteiger partial charge in [0.15, 0.2) is 0 Å². The van der Waals surface area contributed by atoms with Crippen molar-refractivity contribution in [2.75, 3.05) is 13.2 Å². The number of rotatable bonds is 6. The zero-order valence-electron chi connectivity index (χ0n) is 30.5. The summed E-state index contributed by atoms with van der Waals surface area (Å²) in [6.07, 6.45) is -1.81. The number of cyclic esters (lactones) is 1. The summed E-state index contributed by atoms with van der Waals surface area (Å²) in [5.74, 6) is -8.98. The van der Waals surface area contributed by atoms with Crippen LogP contribution in [-0.4, -0.2) is 90.2 Å². The van der Waals surface area contributed by atoms with Gasteiger partial charge in [0.1, 0.15) is 23.7 Å². The number of pyridine rings is 1. The Hall–Kier alpha value is -3.96. The Morgan fingerprint density at radius 1 is 1.11 bits per heavy atom. The Balaban J connectivity index is 1.50. The molecule has 3 fully saturated rings. The average molecular weight is 774 g/mol. The second kappa shape index (κ2) is 14.0. The zero-order valence-corrected chi connectivity index (χ0v) is 31.3. The van der Waals surface area contributed by atoms with Crippen LogP contribution in [0.3, 0.4) is 0 Å². The Labute approximate surface area is 306 Å². The average Bonchev–Trinajstić information content (AvgIpc) is 3.95. The summed E-state index contributed by atoms with van der Waals surface area (Å²) in [7, 11) is -4.28. The molecule has 0 radical (unpaired) electrons. The number of ether oxygens (including phenoxy) is 2. The quantitative estimate of drug-likeness (QED) is 0.283. The molecule has 0 spiro atoms. The van der Waals surface area contributed by atoms with E-state index in [0.717, 1.165) is 11.0 Å². The summed E-state index contributed by atoms with van der Waals surface area (Å²) in [5.41, 5.74) is -4.53.